The van der Waals surface area contributed by atoms with Crippen LogP contribution in [0.5, 0.6) is 5.88 Å². The molecule has 18 heavy (non-hydrogen) atoms. The predicted octanol–water partition coefficient (Wildman–Crippen LogP) is 2.62. The Kier molecular flexibility index (Phi) is 5.34. The maximum atomic E-state index is 5.76. The number of hydrogen-bond acceptors (Lipinski definition) is 5. The van der Waals surface area contributed by atoms with Crippen LogP contribution in [0.3, 0.4) is 0 Å². The minimum absolute atomic E-state index is 0.277. The van der Waals surface area contributed by atoms with Crippen LogP contribution < -0.4 is 10.1 Å². The molecule has 1 aromatic rings. The van der Waals surface area contributed by atoms with Gasteiger partial charge in [-0.15, -0.1) is 0 Å². The van der Waals surface area contributed by atoms with E-state index in [-0.39, 0.29) is 5.60 Å². The first-order chi connectivity index (χ1) is 8.44. The lowest BCUT2D eigenvalue weighted by Crippen LogP contribution is -2.24. The van der Waals surface area contributed by atoms with Crippen LogP contribution in [-0.2, 0) is 11.3 Å². The lowest BCUT2D eigenvalue weighted by atomic mass is 10.2. The van der Waals surface area contributed by atoms with Crippen molar-refractivity contribution >= 4 is 5.82 Å². The van der Waals surface area contributed by atoms with Gasteiger partial charge in [0.15, 0.2) is 5.82 Å². The average molecular weight is 253 g/mol. The fourth-order valence-electron chi connectivity index (χ4n) is 1.37. The molecule has 0 spiro atoms. The van der Waals surface area contributed by atoms with Crippen molar-refractivity contribution in [3.63, 3.8) is 0 Å². The van der Waals surface area contributed by atoms with Crippen molar-refractivity contribution in [3.05, 3.63) is 11.9 Å². The molecule has 0 aromatic carbocycles. The summed E-state index contributed by atoms with van der Waals surface area (Å²) in [5.41, 5.74) is -0.277. The molecular formula is C13H23N3O2. The van der Waals surface area contributed by atoms with Crippen LogP contribution in [0.4, 0.5) is 5.82 Å². The van der Waals surface area contributed by atoms with Crippen LogP contribution in [0, 0.1) is 0 Å². The van der Waals surface area contributed by atoms with Gasteiger partial charge in [-0.1, -0.05) is 0 Å². The zero-order chi connectivity index (χ0) is 13.6. The van der Waals surface area contributed by atoms with E-state index in [4.69, 9.17) is 9.47 Å². The monoisotopic (exact) mass is 253 g/mol. The lowest BCUT2D eigenvalue weighted by Gasteiger charge is -2.21. The van der Waals surface area contributed by atoms with Gasteiger partial charge >= 0.3 is 0 Å². The summed E-state index contributed by atoms with van der Waals surface area (Å²) in [7, 11) is 0. The number of hydrogen-bond donors (Lipinski definition) is 1. The summed E-state index contributed by atoms with van der Waals surface area (Å²) in [6.45, 7) is 11.8. The van der Waals surface area contributed by atoms with Gasteiger partial charge in [-0.3, -0.25) is 0 Å². The van der Waals surface area contributed by atoms with Gasteiger partial charge in [0.05, 0.1) is 0 Å². The predicted molar refractivity (Wildman–Crippen MR) is 71.9 cm³/mol. The molecule has 102 valence electrons. The van der Waals surface area contributed by atoms with Gasteiger partial charge in [0.25, 0.3) is 0 Å². The quantitative estimate of drug-likeness (QED) is 0.844. The van der Waals surface area contributed by atoms with Crippen LogP contribution in [0.1, 0.15) is 40.4 Å². The van der Waals surface area contributed by atoms with Gasteiger partial charge in [0.1, 0.15) is 18.0 Å². The molecule has 0 fully saturated rings. The third kappa shape index (κ3) is 5.31. The molecule has 1 aromatic heterocycles. The number of aromatic nitrogens is 2. The number of nitrogens with one attached hydrogen (secondary N) is 1. The molecule has 0 amide bonds. The average Bonchev–Trinajstić information content (AvgIpc) is 2.24. The topological polar surface area (TPSA) is 56.3 Å². The molecule has 1 N–H and O–H groups in total. The van der Waals surface area contributed by atoms with Gasteiger partial charge in [0.2, 0.25) is 5.88 Å². The SMILES string of the molecule is CCNc1cc(OC(C)(C)C)nc(COCC)n1. The first-order valence-corrected chi connectivity index (χ1v) is 6.33. The van der Waals surface area contributed by atoms with Crippen LogP contribution in [0.25, 0.3) is 0 Å². The summed E-state index contributed by atoms with van der Waals surface area (Å²) >= 11 is 0. The second kappa shape index (κ2) is 6.54. The normalized spacial score (nSPS) is 11.4. The first kappa shape index (κ1) is 14.7. The Morgan fingerprint density at radius 2 is 1.94 bits per heavy atom. The van der Waals surface area contributed by atoms with Gasteiger partial charge < -0.3 is 14.8 Å². The smallest absolute Gasteiger partial charge is 0.219 e. The van der Waals surface area contributed by atoms with E-state index in [0.717, 1.165) is 12.4 Å². The van der Waals surface area contributed by atoms with E-state index in [9.17, 15) is 0 Å². The zero-order valence-electron chi connectivity index (χ0n) is 11.9. The molecule has 0 saturated carbocycles. The van der Waals surface area contributed by atoms with Crippen LogP contribution in [0.2, 0.25) is 0 Å². The van der Waals surface area contributed by atoms with E-state index in [1.54, 1.807) is 0 Å². The van der Waals surface area contributed by atoms with Gasteiger partial charge in [0, 0.05) is 19.2 Å². The minimum Gasteiger partial charge on any atom is -0.472 e. The van der Waals surface area contributed by atoms with E-state index in [2.05, 4.69) is 15.3 Å². The molecule has 0 bridgehead atoms. The minimum atomic E-state index is -0.277. The van der Waals surface area contributed by atoms with Crippen molar-refractivity contribution in [2.75, 3.05) is 18.5 Å². The van der Waals surface area contributed by atoms with Crippen molar-refractivity contribution in [1.82, 2.24) is 9.97 Å². The van der Waals surface area contributed by atoms with E-state index >= 15 is 0 Å². The molecule has 0 aliphatic heterocycles. The third-order valence-electron chi connectivity index (χ3n) is 1.95. The van der Waals surface area contributed by atoms with Crippen molar-refractivity contribution in [2.24, 2.45) is 0 Å². The van der Waals surface area contributed by atoms with E-state index in [1.807, 2.05) is 40.7 Å². The van der Waals surface area contributed by atoms with Gasteiger partial charge in [-0.05, 0) is 34.6 Å². The van der Waals surface area contributed by atoms with Crippen LogP contribution in [0.15, 0.2) is 6.07 Å². The zero-order valence-corrected chi connectivity index (χ0v) is 11.9. The Hall–Kier alpha value is -1.36. The third-order valence-corrected chi connectivity index (χ3v) is 1.95. The Morgan fingerprint density at radius 3 is 2.50 bits per heavy atom. The van der Waals surface area contributed by atoms with Crippen molar-refractivity contribution in [3.8, 4) is 5.88 Å². The van der Waals surface area contributed by atoms with Crippen molar-refractivity contribution in [2.45, 2.75) is 46.8 Å². The highest BCUT2D eigenvalue weighted by atomic mass is 16.5. The molecule has 0 saturated heterocycles. The Morgan fingerprint density at radius 1 is 1.22 bits per heavy atom. The lowest BCUT2D eigenvalue weighted by molar-refractivity contribution is 0.114. The molecule has 5 heteroatoms. The van der Waals surface area contributed by atoms with Crippen molar-refractivity contribution in [1.29, 1.82) is 0 Å². The Labute approximate surface area is 109 Å². The maximum Gasteiger partial charge on any atom is 0.219 e. The van der Waals surface area contributed by atoms with E-state index < -0.39 is 0 Å². The maximum absolute atomic E-state index is 5.76. The standard InChI is InChI=1S/C13H23N3O2/c1-6-14-10-8-12(18-13(3,4)5)16-11(15-10)9-17-7-2/h8H,6-7,9H2,1-5H3,(H,14,15,16). The van der Waals surface area contributed by atoms with Crippen LogP contribution >= 0.6 is 0 Å². The van der Waals surface area contributed by atoms with Gasteiger partial charge in [-0.2, -0.15) is 4.98 Å². The molecule has 5 nitrogen and oxygen atoms in total. The summed E-state index contributed by atoms with van der Waals surface area (Å²) < 4.78 is 11.1. The number of nitrogens with zero attached hydrogens (tertiary/aromatic N) is 2. The number of anilines is 1. The van der Waals surface area contributed by atoms with Gasteiger partial charge in [-0.25, -0.2) is 4.98 Å². The second-order valence-corrected chi connectivity index (χ2v) is 4.89. The molecule has 0 aliphatic carbocycles. The molecular weight excluding hydrogens is 230 g/mol. The fourth-order valence-corrected chi connectivity index (χ4v) is 1.37. The highest BCUT2D eigenvalue weighted by molar-refractivity contribution is 5.38. The number of ether oxygens (including phenoxy) is 2. The first-order valence-electron chi connectivity index (χ1n) is 6.33. The summed E-state index contributed by atoms with van der Waals surface area (Å²) in [5.74, 6) is 1.97. The molecule has 0 radical (unpaired) electrons. The summed E-state index contributed by atoms with van der Waals surface area (Å²) in [6, 6.07) is 1.81. The van der Waals surface area contributed by atoms with E-state index in [0.29, 0.717) is 24.9 Å². The molecule has 0 atom stereocenters. The van der Waals surface area contributed by atoms with E-state index in [1.165, 1.54) is 0 Å². The Bertz CT molecular complexity index is 375. The second-order valence-electron chi connectivity index (χ2n) is 4.89. The fraction of sp³-hybridized carbons (Fsp3) is 0.692. The highest BCUT2D eigenvalue weighted by Gasteiger charge is 2.14. The molecule has 0 unspecified atom stereocenters. The molecule has 1 rings (SSSR count). The highest BCUT2D eigenvalue weighted by Crippen LogP contribution is 2.19. The Balaban J connectivity index is 2.90. The van der Waals surface area contributed by atoms with Crippen LogP contribution in [-0.4, -0.2) is 28.7 Å². The van der Waals surface area contributed by atoms with Crippen molar-refractivity contribution < 1.29 is 9.47 Å². The summed E-state index contributed by atoms with van der Waals surface area (Å²) in [5, 5.41) is 3.16. The number of rotatable bonds is 6. The summed E-state index contributed by atoms with van der Waals surface area (Å²) in [6.07, 6.45) is 0. The largest absolute Gasteiger partial charge is 0.472 e. The summed E-state index contributed by atoms with van der Waals surface area (Å²) in [4.78, 5) is 8.70. The molecule has 1 heterocycles. The molecule has 0 aliphatic rings.